The van der Waals surface area contributed by atoms with Gasteiger partial charge in [0.2, 0.25) is 0 Å². The van der Waals surface area contributed by atoms with E-state index in [0.29, 0.717) is 5.92 Å². The average molecular weight is 275 g/mol. The predicted octanol–water partition coefficient (Wildman–Crippen LogP) is 1.20. The zero-order valence-electron chi connectivity index (χ0n) is 12.0. The van der Waals surface area contributed by atoms with E-state index in [-0.39, 0.29) is 6.04 Å². The number of aryl methyl sites for hydroxylation is 2. The first-order chi connectivity index (χ1) is 9.70. The zero-order chi connectivity index (χ0) is 14.1. The molecule has 1 aliphatic rings. The Hall–Kier alpha value is -1.66. The molecule has 0 bridgehead atoms. The van der Waals surface area contributed by atoms with E-state index in [1.807, 2.05) is 30.5 Å². The fourth-order valence-electron chi connectivity index (χ4n) is 2.81. The molecular weight excluding hydrogens is 254 g/mol. The van der Waals surface area contributed by atoms with Gasteiger partial charge in [0, 0.05) is 25.8 Å². The number of hydrogen-bond acceptors (Lipinski definition) is 4. The van der Waals surface area contributed by atoms with Gasteiger partial charge in [0.1, 0.15) is 0 Å². The van der Waals surface area contributed by atoms with Crippen LogP contribution in [-0.2, 0) is 18.2 Å². The lowest BCUT2D eigenvalue weighted by molar-refractivity contribution is 0.180. The SMILES string of the molecule is CCc1nn(C)cc1-n1cncc1C(N)C1CCOC1. The molecule has 2 aromatic rings. The summed E-state index contributed by atoms with van der Waals surface area (Å²) < 4.78 is 9.34. The second kappa shape index (κ2) is 5.38. The van der Waals surface area contributed by atoms with E-state index in [1.54, 1.807) is 0 Å². The zero-order valence-corrected chi connectivity index (χ0v) is 12.0. The minimum atomic E-state index is -0.0510. The highest BCUT2D eigenvalue weighted by Crippen LogP contribution is 2.28. The van der Waals surface area contributed by atoms with Crippen LogP contribution in [0, 0.1) is 5.92 Å². The van der Waals surface area contributed by atoms with E-state index in [2.05, 4.69) is 21.6 Å². The molecule has 20 heavy (non-hydrogen) atoms. The monoisotopic (exact) mass is 275 g/mol. The van der Waals surface area contributed by atoms with Gasteiger partial charge in [0.25, 0.3) is 0 Å². The van der Waals surface area contributed by atoms with Crippen LogP contribution >= 0.6 is 0 Å². The maximum absolute atomic E-state index is 6.41. The lowest BCUT2D eigenvalue weighted by Gasteiger charge is -2.19. The van der Waals surface area contributed by atoms with Crippen molar-refractivity contribution in [2.24, 2.45) is 18.7 Å². The second-order valence-electron chi connectivity index (χ2n) is 5.33. The minimum Gasteiger partial charge on any atom is -0.381 e. The van der Waals surface area contributed by atoms with Crippen LogP contribution in [0.15, 0.2) is 18.7 Å². The van der Waals surface area contributed by atoms with Crippen LogP contribution < -0.4 is 5.73 Å². The van der Waals surface area contributed by atoms with Crippen LogP contribution in [0.25, 0.3) is 5.69 Å². The van der Waals surface area contributed by atoms with E-state index >= 15 is 0 Å². The van der Waals surface area contributed by atoms with Crippen molar-refractivity contribution in [3.63, 3.8) is 0 Å². The van der Waals surface area contributed by atoms with E-state index in [1.165, 1.54) is 0 Å². The van der Waals surface area contributed by atoms with Crippen molar-refractivity contribution >= 4 is 0 Å². The first-order valence-corrected chi connectivity index (χ1v) is 7.09. The minimum absolute atomic E-state index is 0.0510. The van der Waals surface area contributed by atoms with E-state index in [4.69, 9.17) is 10.5 Å². The molecule has 3 rings (SSSR count). The molecule has 2 N–H and O–H groups in total. The van der Waals surface area contributed by atoms with Crippen LogP contribution in [-0.4, -0.2) is 32.5 Å². The van der Waals surface area contributed by atoms with Gasteiger partial charge in [-0.3, -0.25) is 9.25 Å². The first kappa shape index (κ1) is 13.3. The van der Waals surface area contributed by atoms with Crippen molar-refractivity contribution in [2.75, 3.05) is 13.2 Å². The maximum Gasteiger partial charge on any atom is 0.0995 e. The molecule has 1 fully saturated rings. The summed E-state index contributed by atoms with van der Waals surface area (Å²) >= 11 is 0. The number of nitrogens with two attached hydrogens (primary N) is 1. The summed E-state index contributed by atoms with van der Waals surface area (Å²) in [7, 11) is 1.93. The van der Waals surface area contributed by atoms with Gasteiger partial charge in [0.15, 0.2) is 0 Å². The standard InChI is InChI=1S/C14H21N5O/c1-3-11-13(7-18(2)17-11)19-9-16-6-12(19)14(15)10-4-5-20-8-10/h6-7,9-10,14H,3-5,8,15H2,1-2H3. The van der Waals surface area contributed by atoms with Crippen molar-refractivity contribution in [1.82, 2.24) is 19.3 Å². The molecule has 6 nitrogen and oxygen atoms in total. The maximum atomic E-state index is 6.41. The van der Waals surface area contributed by atoms with Gasteiger partial charge in [-0.15, -0.1) is 0 Å². The van der Waals surface area contributed by atoms with Gasteiger partial charge in [-0.25, -0.2) is 4.98 Å². The number of imidazole rings is 1. The lowest BCUT2D eigenvalue weighted by Crippen LogP contribution is -2.24. The number of nitrogens with zero attached hydrogens (tertiary/aromatic N) is 4. The molecule has 0 radical (unpaired) electrons. The van der Waals surface area contributed by atoms with Crippen LogP contribution in [0.1, 0.15) is 30.8 Å². The first-order valence-electron chi connectivity index (χ1n) is 7.09. The summed E-state index contributed by atoms with van der Waals surface area (Å²) in [5.74, 6) is 0.368. The van der Waals surface area contributed by atoms with E-state index in [9.17, 15) is 0 Å². The third-order valence-electron chi connectivity index (χ3n) is 3.96. The third kappa shape index (κ3) is 2.25. The van der Waals surface area contributed by atoms with Gasteiger partial charge >= 0.3 is 0 Å². The van der Waals surface area contributed by atoms with Crippen LogP contribution in [0.4, 0.5) is 0 Å². The summed E-state index contributed by atoms with van der Waals surface area (Å²) in [6, 6.07) is -0.0510. The fourth-order valence-corrected chi connectivity index (χ4v) is 2.81. The smallest absolute Gasteiger partial charge is 0.0995 e. The summed E-state index contributed by atoms with van der Waals surface area (Å²) in [4.78, 5) is 4.28. The van der Waals surface area contributed by atoms with Crippen molar-refractivity contribution in [3.8, 4) is 5.69 Å². The average Bonchev–Trinajstić information content (AvgIpc) is 3.17. The van der Waals surface area contributed by atoms with Gasteiger partial charge in [0.05, 0.1) is 42.2 Å². The molecule has 2 aromatic heterocycles. The summed E-state index contributed by atoms with van der Waals surface area (Å²) in [5, 5.41) is 4.49. The van der Waals surface area contributed by atoms with E-state index < -0.39 is 0 Å². The molecule has 2 atom stereocenters. The number of hydrogen-bond donors (Lipinski definition) is 1. The van der Waals surface area contributed by atoms with Crippen molar-refractivity contribution in [3.05, 3.63) is 30.1 Å². The predicted molar refractivity (Wildman–Crippen MR) is 75.6 cm³/mol. The molecular formula is C14H21N5O. The summed E-state index contributed by atoms with van der Waals surface area (Å²) in [6.45, 7) is 3.65. The molecule has 6 heteroatoms. The molecule has 2 unspecified atom stereocenters. The van der Waals surface area contributed by atoms with Crippen LogP contribution in [0.3, 0.4) is 0 Å². The fraction of sp³-hybridized carbons (Fsp3) is 0.571. The van der Waals surface area contributed by atoms with Crippen molar-refractivity contribution < 1.29 is 4.74 Å². The normalized spacial score (nSPS) is 20.4. The highest BCUT2D eigenvalue weighted by atomic mass is 16.5. The number of rotatable bonds is 4. The largest absolute Gasteiger partial charge is 0.381 e. The van der Waals surface area contributed by atoms with Crippen LogP contribution in [0.2, 0.25) is 0 Å². The van der Waals surface area contributed by atoms with Gasteiger partial charge in [-0.1, -0.05) is 6.92 Å². The highest BCUT2D eigenvalue weighted by Gasteiger charge is 2.27. The second-order valence-corrected chi connectivity index (χ2v) is 5.33. The summed E-state index contributed by atoms with van der Waals surface area (Å²) in [6.07, 6.45) is 7.59. The molecule has 0 saturated carbocycles. The molecule has 0 aliphatic carbocycles. The van der Waals surface area contributed by atoms with Gasteiger partial charge in [-0.2, -0.15) is 5.10 Å². The third-order valence-corrected chi connectivity index (χ3v) is 3.96. The molecule has 0 spiro atoms. The van der Waals surface area contributed by atoms with Gasteiger partial charge in [-0.05, 0) is 12.8 Å². The Morgan fingerprint density at radius 1 is 1.55 bits per heavy atom. The topological polar surface area (TPSA) is 70.9 Å². The number of ether oxygens (including phenoxy) is 1. The Morgan fingerprint density at radius 3 is 3.10 bits per heavy atom. The Labute approximate surface area is 118 Å². The van der Waals surface area contributed by atoms with Crippen LogP contribution in [0.5, 0.6) is 0 Å². The number of aromatic nitrogens is 4. The van der Waals surface area contributed by atoms with Crippen molar-refractivity contribution in [2.45, 2.75) is 25.8 Å². The summed E-state index contributed by atoms with van der Waals surface area (Å²) in [5.41, 5.74) is 9.57. The molecule has 0 amide bonds. The molecule has 0 aromatic carbocycles. The Kier molecular flexibility index (Phi) is 3.58. The van der Waals surface area contributed by atoms with E-state index in [0.717, 1.165) is 43.1 Å². The molecule has 3 heterocycles. The Morgan fingerprint density at radius 2 is 2.40 bits per heavy atom. The van der Waals surface area contributed by atoms with Gasteiger partial charge < -0.3 is 10.5 Å². The highest BCUT2D eigenvalue weighted by molar-refractivity contribution is 5.37. The quantitative estimate of drug-likeness (QED) is 0.910. The molecule has 1 aliphatic heterocycles. The molecule has 1 saturated heterocycles. The lowest BCUT2D eigenvalue weighted by atomic mass is 9.97. The Bertz CT molecular complexity index is 582. The van der Waals surface area contributed by atoms with Crippen molar-refractivity contribution in [1.29, 1.82) is 0 Å². The Balaban J connectivity index is 1.96. The molecule has 108 valence electrons.